The van der Waals surface area contributed by atoms with Crippen LogP contribution in [-0.4, -0.2) is 49.1 Å². The number of morpholine rings is 1. The summed E-state index contributed by atoms with van der Waals surface area (Å²) in [6.45, 7) is 9.81. The molecule has 2 aromatic rings. The Labute approximate surface area is 130 Å². The van der Waals surface area contributed by atoms with E-state index in [9.17, 15) is 0 Å². The van der Waals surface area contributed by atoms with Crippen LogP contribution in [0.3, 0.4) is 0 Å². The molecule has 0 spiro atoms. The van der Waals surface area contributed by atoms with Gasteiger partial charge in [-0.15, -0.1) is 10.2 Å². The Balaban J connectivity index is 1.66. The van der Waals surface area contributed by atoms with Crippen LogP contribution in [0.4, 0.5) is 0 Å². The molecule has 0 aromatic carbocycles. The first-order chi connectivity index (χ1) is 10.4. The van der Waals surface area contributed by atoms with Crippen LogP contribution in [0, 0.1) is 0 Å². The molecule has 120 valence electrons. The molecule has 0 aliphatic carbocycles. The number of hydrogen-bond acceptors (Lipinski definition) is 5. The van der Waals surface area contributed by atoms with Crippen molar-refractivity contribution in [1.82, 2.24) is 29.4 Å². The van der Waals surface area contributed by atoms with Crippen molar-refractivity contribution in [3.05, 3.63) is 30.1 Å². The average Bonchev–Trinajstić information content (AvgIpc) is 3.07. The van der Waals surface area contributed by atoms with Gasteiger partial charge in [-0.05, 0) is 20.8 Å². The van der Waals surface area contributed by atoms with Crippen molar-refractivity contribution in [3.8, 4) is 0 Å². The van der Waals surface area contributed by atoms with Crippen LogP contribution >= 0.6 is 0 Å². The normalized spacial score (nSPS) is 20.5. The Kier molecular flexibility index (Phi) is 4.01. The highest BCUT2D eigenvalue weighted by Crippen LogP contribution is 2.21. The summed E-state index contributed by atoms with van der Waals surface area (Å²) in [7, 11) is 1.95. The second-order valence-electron chi connectivity index (χ2n) is 6.86. The standard InChI is InChI=1S/C15H24N6O/c1-15(2,3)21-9-12(7-17-21)8-20-5-6-22-13(10-20)14-18-16-11-19(14)4/h7,9,11,13H,5-6,8,10H2,1-4H3. The summed E-state index contributed by atoms with van der Waals surface area (Å²) in [5.74, 6) is 0.884. The summed E-state index contributed by atoms with van der Waals surface area (Å²) in [6, 6.07) is 0. The molecule has 1 saturated heterocycles. The first-order valence-electron chi connectivity index (χ1n) is 7.65. The summed E-state index contributed by atoms with van der Waals surface area (Å²) in [5.41, 5.74) is 1.25. The van der Waals surface area contributed by atoms with Crippen molar-refractivity contribution in [2.75, 3.05) is 19.7 Å². The van der Waals surface area contributed by atoms with E-state index in [1.807, 2.05) is 22.5 Å². The van der Waals surface area contributed by atoms with E-state index < -0.39 is 0 Å². The minimum atomic E-state index is -0.0149. The van der Waals surface area contributed by atoms with E-state index in [-0.39, 0.29) is 11.6 Å². The Morgan fingerprint density at radius 1 is 1.36 bits per heavy atom. The molecule has 1 aliphatic rings. The van der Waals surface area contributed by atoms with Gasteiger partial charge < -0.3 is 9.30 Å². The van der Waals surface area contributed by atoms with Gasteiger partial charge in [0.1, 0.15) is 12.4 Å². The van der Waals surface area contributed by atoms with E-state index in [0.717, 1.165) is 25.5 Å². The van der Waals surface area contributed by atoms with Crippen LogP contribution < -0.4 is 0 Å². The monoisotopic (exact) mass is 304 g/mol. The molecule has 0 bridgehead atoms. The van der Waals surface area contributed by atoms with Gasteiger partial charge in [-0.3, -0.25) is 9.58 Å². The van der Waals surface area contributed by atoms with Crippen LogP contribution in [0.5, 0.6) is 0 Å². The van der Waals surface area contributed by atoms with Gasteiger partial charge in [-0.2, -0.15) is 5.10 Å². The Morgan fingerprint density at radius 3 is 2.82 bits per heavy atom. The molecule has 22 heavy (non-hydrogen) atoms. The molecule has 7 heteroatoms. The predicted octanol–water partition coefficient (Wildman–Crippen LogP) is 1.34. The number of aryl methyl sites for hydroxylation is 1. The number of ether oxygens (including phenoxy) is 1. The maximum atomic E-state index is 5.84. The van der Waals surface area contributed by atoms with Crippen molar-refractivity contribution in [1.29, 1.82) is 0 Å². The molecule has 1 unspecified atom stereocenters. The van der Waals surface area contributed by atoms with Crippen LogP contribution in [0.25, 0.3) is 0 Å². The highest BCUT2D eigenvalue weighted by atomic mass is 16.5. The summed E-state index contributed by atoms with van der Waals surface area (Å²) >= 11 is 0. The van der Waals surface area contributed by atoms with E-state index in [1.54, 1.807) is 6.33 Å². The van der Waals surface area contributed by atoms with E-state index in [4.69, 9.17) is 4.74 Å². The van der Waals surface area contributed by atoms with Crippen LogP contribution in [0.1, 0.15) is 38.3 Å². The van der Waals surface area contributed by atoms with Gasteiger partial charge >= 0.3 is 0 Å². The van der Waals surface area contributed by atoms with E-state index in [0.29, 0.717) is 6.61 Å². The molecule has 0 saturated carbocycles. The SMILES string of the molecule is Cn1cnnc1C1CN(Cc2cnn(C(C)(C)C)c2)CCO1. The minimum absolute atomic E-state index is 0.0149. The second-order valence-corrected chi connectivity index (χ2v) is 6.86. The largest absolute Gasteiger partial charge is 0.368 e. The van der Waals surface area contributed by atoms with Gasteiger partial charge in [0.2, 0.25) is 0 Å². The molecular formula is C15H24N6O. The van der Waals surface area contributed by atoms with E-state index in [2.05, 4.69) is 47.2 Å². The lowest BCUT2D eigenvalue weighted by Crippen LogP contribution is -2.38. The molecule has 3 rings (SSSR count). The first-order valence-corrected chi connectivity index (χ1v) is 7.65. The summed E-state index contributed by atoms with van der Waals surface area (Å²) in [4.78, 5) is 2.38. The highest BCUT2D eigenvalue weighted by Gasteiger charge is 2.26. The number of nitrogens with zero attached hydrogens (tertiary/aromatic N) is 6. The van der Waals surface area contributed by atoms with Crippen LogP contribution in [0.2, 0.25) is 0 Å². The van der Waals surface area contributed by atoms with Crippen molar-refractivity contribution in [3.63, 3.8) is 0 Å². The highest BCUT2D eigenvalue weighted by molar-refractivity contribution is 5.06. The summed E-state index contributed by atoms with van der Waals surface area (Å²) in [6.07, 6.45) is 5.79. The molecule has 7 nitrogen and oxygen atoms in total. The average molecular weight is 304 g/mol. The Morgan fingerprint density at radius 2 is 2.18 bits per heavy atom. The number of hydrogen-bond donors (Lipinski definition) is 0. The smallest absolute Gasteiger partial charge is 0.163 e. The zero-order valence-electron chi connectivity index (χ0n) is 13.7. The maximum Gasteiger partial charge on any atom is 0.163 e. The lowest BCUT2D eigenvalue weighted by Gasteiger charge is -2.32. The van der Waals surface area contributed by atoms with Crippen molar-refractivity contribution < 1.29 is 4.74 Å². The van der Waals surface area contributed by atoms with Crippen LogP contribution in [-0.2, 0) is 23.9 Å². The number of rotatable bonds is 3. The van der Waals surface area contributed by atoms with Gasteiger partial charge in [-0.1, -0.05) is 0 Å². The van der Waals surface area contributed by atoms with E-state index >= 15 is 0 Å². The third kappa shape index (κ3) is 3.20. The predicted molar refractivity (Wildman–Crippen MR) is 82.2 cm³/mol. The summed E-state index contributed by atoms with van der Waals surface area (Å²) < 4.78 is 9.78. The minimum Gasteiger partial charge on any atom is -0.368 e. The van der Waals surface area contributed by atoms with Gasteiger partial charge in [0.25, 0.3) is 0 Å². The zero-order chi connectivity index (χ0) is 15.7. The Hall–Kier alpha value is -1.73. The fraction of sp³-hybridized carbons (Fsp3) is 0.667. The second kappa shape index (κ2) is 5.81. The molecular weight excluding hydrogens is 280 g/mol. The molecule has 1 fully saturated rings. The molecule has 1 aliphatic heterocycles. The molecule has 0 N–H and O–H groups in total. The fourth-order valence-electron chi connectivity index (χ4n) is 2.65. The van der Waals surface area contributed by atoms with Gasteiger partial charge in [-0.25, -0.2) is 0 Å². The van der Waals surface area contributed by atoms with Gasteiger partial charge in [0, 0.05) is 38.4 Å². The number of aromatic nitrogens is 5. The van der Waals surface area contributed by atoms with E-state index in [1.165, 1.54) is 5.56 Å². The van der Waals surface area contributed by atoms with Crippen LogP contribution in [0.15, 0.2) is 18.7 Å². The van der Waals surface area contributed by atoms with Crippen molar-refractivity contribution >= 4 is 0 Å². The summed E-state index contributed by atoms with van der Waals surface area (Å²) in [5, 5.41) is 12.6. The molecule has 2 aromatic heterocycles. The third-order valence-corrected chi connectivity index (χ3v) is 3.91. The lowest BCUT2D eigenvalue weighted by molar-refractivity contribution is -0.0385. The zero-order valence-corrected chi connectivity index (χ0v) is 13.7. The first kappa shape index (κ1) is 15.2. The molecule has 1 atom stereocenters. The lowest BCUT2D eigenvalue weighted by atomic mass is 10.1. The molecule has 0 amide bonds. The molecule has 3 heterocycles. The third-order valence-electron chi connectivity index (χ3n) is 3.91. The molecule has 0 radical (unpaired) electrons. The quantitative estimate of drug-likeness (QED) is 0.856. The van der Waals surface area contributed by atoms with Gasteiger partial charge in [0.15, 0.2) is 5.82 Å². The maximum absolute atomic E-state index is 5.84. The topological polar surface area (TPSA) is 61.0 Å². The Bertz CT molecular complexity index is 626. The van der Waals surface area contributed by atoms with Gasteiger partial charge in [0.05, 0.1) is 18.3 Å². The fourth-order valence-corrected chi connectivity index (χ4v) is 2.65. The van der Waals surface area contributed by atoms with Crippen molar-refractivity contribution in [2.24, 2.45) is 7.05 Å². The van der Waals surface area contributed by atoms with Crippen molar-refractivity contribution in [2.45, 2.75) is 39.0 Å².